The van der Waals surface area contributed by atoms with Gasteiger partial charge in [-0.05, 0) is 36.4 Å². The molecule has 27 heavy (non-hydrogen) atoms. The van der Waals surface area contributed by atoms with Gasteiger partial charge in [-0.15, -0.1) is 0 Å². The Morgan fingerprint density at radius 3 is 2.63 bits per heavy atom. The fraction of sp³-hybridized carbons (Fsp3) is 0.111. The molecule has 9 heteroatoms. The smallest absolute Gasteiger partial charge is 0.387 e. The summed E-state index contributed by atoms with van der Waals surface area (Å²) in [7, 11) is 1.28. The zero-order valence-corrected chi connectivity index (χ0v) is 15.3. The van der Waals surface area contributed by atoms with Gasteiger partial charge in [0.05, 0.1) is 7.11 Å². The van der Waals surface area contributed by atoms with Gasteiger partial charge in [0, 0.05) is 15.6 Å². The van der Waals surface area contributed by atoms with E-state index >= 15 is 0 Å². The molecule has 0 aromatic heterocycles. The van der Waals surface area contributed by atoms with Crippen molar-refractivity contribution in [3.05, 3.63) is 63.5 Å². The average molecular weight is 442 g/mol. The molecule has 5 nitrogen and oxygen atoms in total. The maximum Gasteiger partial charge on any atom is 0.387 e. The molecule has 1 aliphatic heterocycles. The van der Waals surface area contributed by atoms with Crippen LogP contribution in [0.1, 0.15) is 11.1 Å². The van der Waals surface area contributed by atoms with Crippen LogP contribution >= 0.6 is 15.9 Å². The molecule has 0 fully saturated rings. The van der Waals surface area contributed by atoms with Crippen molar-refractivity contribution in [2.24, 2.45) is 4.99 Å². The van der Waals surface area contributed by atoms with E-state index in [1.54, 1.807) is 6.07 Å². The van der Waals surface area contributed by atoms with Crippen molar-refractivity contribution in [2.45, 2.75) is 6.61 Å². The third kappa shape index (κ3) is 4.30. The molecule has 0 aliphatic carbocycles. The van der Waals surface area contributed by atoms with E-state index in [4.69, 9.17) is 9.47 Å². The summed E-state index contributed by atoms with van der Waals surface area (Å²) in [6, 6.07) is 8.32. The molecule has 0 amide bonds. The SMILES string of the molecule is COc1cc(C2=N/C(=C\c3ccc(Br)cc3F)C(=O)O2)ccc1OC(F)F. The minimum Gasteiger partial charge on any atom is -0.493 e. The van der Waals surface area contributed by atoms with Crippen molar-refractivity contribution in [3.63, 3.8) is 0 Å². The van der Waals surface area contributed by atoms with E-state index in [-0.39, 0.29) is 28.7 Å². The molecule has 0 atom stereocenters. The molecule has 0 spiro atoms. The topological polar surface area (TPSA) is 57.1 Å². The number of hydrogen-bond donors (Lipinski definition) is 0. The molecule has 2 aromatic carbocycles. The number of cyclic esters (lactones) is 1. The Kier molecular flexibility index (Phi) is 5.50. The lowest BCUT2D eigenvalue weighted by molar-refractivity contribution is -0.129. The van der Waals surface area contributed by atoms with E-state index in [0.29, 0.717) is 10.0 Å². The van der Waals surface area contributed by atoms with E-state index in [1.165, 1.54) is 43.5 Å². The third-order valence-corrected chi connectivity index (χ3v) is 4.00. The van der Waals surface area contributed by atoms with E-state index in [9.17, 15) is 18.0 Å². The monoisotopic (exact) mass is 441 g/mol. The summed E-state index contributed by atoms with van der Waals surface area (Å²) in [4.78, 5) is 16.1. The first-order valence-electron chi connectivity index (χ1n) is 7.48. The van der Waals surface area contributed by atoms with Crippen molar-refractivity contribution < 1.29 is 32.2 Å². The van der Waals surface area contributed by atoms with Crippen LogP contribution in [0.3, 0.4) is 0 Å². The van der Waals surface area contributed by atoms with Crippen molar-refractivity contribution >= 4 is 33.9 Å². The molecule has 3 rings (SSSR count). The van der Waals surface area contributed by atoms with Gasteiger partial charge in [0.2, 0.25) is 5.90 Å². The number of rotatable bonds is 5. The molecule has 1 heterocycles. The Bertz CT molecular complexity index is 960. The third-order valence-electron chi connectivity index (χ3n) is 3.50. The highest BCUT2D eigenvalue weighted by molar-refractivity contribution is 9.10. The summed E-state index contributed by atoms with van der Waals surface area (Å²) >= 11 is 3.15. The predicted octanol–water partition coefficient (Wildman–Crippen LogP) is 4.54. The number of carbonyl (C=O) groups excluding carboxylic acids is 1. The quantitative estimate of drug-likeness (QED) is 0.504. The molecule has 0 N–H and O–H groups in total. The van der Waals surface area contributed by atoms with Gasteiger partial charge in [-0.25, -0.2) is 14.2 Å². The Hall–Kier alpha value is -2.81. The van der Waals surface area contributed by atoms with E-state index < -0.39 is 18.4 Å². The van der Waals surface area contributed by atoms with Gasteiger partial charge >= 0.3 is 12.6 Å². The number of ether oxygens (including phenoxy) is 3. The van der Waals surface area contributed by atoms with Gasteiger partial charge in [0.1, 0.15) is 5.82 Å². The molecule has 0 saturated heterocycles. The molecule has 1 aliphatic rings. The van der Waals surface area contributed by atoms with Crippen LogP contribution in [0.15, 0.2) is 51.6 Å². The molecule has 0 unspecified atom stereocenters. The Morgan fingerprint density at radius 2 is 1.96 bits per heavy atom. The van der Waals surface area contributed by atoms with Crippen LogP contribution in [0.25, 0.3) is 6.08 Å². The van der Waals surface area contributed by atoms with Gasteiger partial charge in [-0.1, -0.05) is 22.0 Å². The summed E-state index contributed by atoms with van der Waals surface area (Å²) in [6.45, 7) is -3.01. The van der Waals surface area contributed by atoms with Crippen LogP contribution in [-0.4, -0.2) is 25.6 Å². The normalized spacial score (nSPS) is 15.1. The summed E-state index contributed by atoms with van der Waals surface area (Å²) < 4.78 is 53.7. The van der Waals surface area contributed by atoms with E-state index in [1.807, 2.05) is 0 Å². The second-order valence-electron chi connectivity index (χ2n) is 5.25. The van der Waals surface area contributed by atoms with Crippen LogP contribution in [0.4, 0.5) is 13.2 Å². The van der Waals surface area contributed by atoms with E-state index in [2.05, 4.69) is 25.7 Å². The molecular formula is C18H11BrF3NO4. The number of methoxy groups -OCH3 is 1. The first kappa shape index (κ1) is 19.0. The van der Waals surface area contributed by atoms with Crippen LogP contribution < -0.4 is 9.47 Å². The second-order valence-corrected chi connectivity index (χ2v) is 6.16. The average Bonchev–Trinajstić information content (AvgIpc) is 2.98. The maximum absolute atomic E-state index is 13.9. The van der Waals surface area contributed by atoms with Crippen LogP contribution in [0.2, 0.25) is 0 Å². The van der Waals surface area contributed by atoms with Gasteiger partial charge < -0.3 is 14.2 Å². The minimum atomic E-state index is -3.01. The molecule has 0 radical (unpaired) electrons. The number of halogens is 4. The molecule has 2 aromatic rings. The largest absolute Gasteiger partial charge is 0.493 e. The first-order chi connectivity index (χ1) is 12.9. The number of carbonyl (C=O) groups is 1. The zero-order valence-electron chi connectivity index (χ0n) is 13.7. The standard InChI is InChI=1S/C18H11BrF3NO4/c1-25-15-7-10(3-5-14(15)26-18(21)22)16-23-13(17(24)27-16)6-9-2-4-11(19)8-12(9)20/h2-8,18H,1H3/b13-6-. The Balaban J connectivity index is 1.93. The molecule has 140 valence electrons. The fourth-order valence-electron chi connectivity index (χ4n) is 2.29. The van der Waals surface area contributed by atoms with Crippen molar-refractivity contribution in [1.29, 1.82) is 0 Å². The summed E-state index contributed by atoms with van der Waals surface area (Å²) in [5.74, 6) is -1.52. The maximum atomic E-state index is 13.9. The lowest BCUT2D eigenvalue weighted by atomic mass is 10.2. The molecule has 0 bridgehead atoms. The predicted molar refractivity (Wildman–Crippen MR) is 94.3 cm³/mol. The number of alkyl halides is 2. The summed E-state index contributed by atoms with van der Waals surface area (Å²) in [6.07, 6.45) is 1.25. The fourth-order valence-corrected chi connectivity index (χ4v) is 2.63. The number of hydrogen-bond acceptors (Lipinski definition) is 5. The highest BCUT2D eigenvalue weighted by Crippen LogP contribution is 2.31. The number of aliphatic imine (C=N–C) groups is 1. The van der Waals surface area contributed by atoms with Crippen molar-refractivity contribution in [1.82, 2.24) is 0 Å². The van der Waals surface area contributed by atoms with E-state index in [0.717, 1.165) is 0 Å². The summed E-state index contributed by atoms with van der Waals surface area (Å²) in [5, 5.41) is 0. The highest BCUT2D eigenvalue weighted by Gasteiger charge is 2.25. The zero-order chi connectivity index (χ0) is 19.6. The Morgan fingerprint density at radius 1 is 1.19 bits per heavy atom. The van der Waals surface area contributed by atoms with Gasteiger partial charge in [-0.2, -0.15) is 8.78 Å². The van der Waals surface area contributed by atoms with Crippen LogP contribution in [0.5, 0.6) is 11.5 Å². The second kappa shape index (κ2) is 7.83. The first-order valence-corrected chi connectivity index (χ1v) is 8.27. The molecular weight excluding hydrogens is 431 g/mol. The van der Waals surface area contributed by atoms with Crippen molar-refractivity contribution in [2.75, 3.05) is 7.11 Å². The lowest BCUT2D eigenvalue weighted by Gasteiger charge is -2.10. The number of nitrogens with zero attached hydrogens (tertiary/aromatic N) is 1. The van der Waals surface area contributed by atoms with Gasteiger partial charge in [0.25, 0.3) is 0 Å². The summed E-state index contributed by atoms with van der Waals surface area (Å²) in [5.41, 5.74) is 0.369. The van der Waals surface area contributed by atoms with Crippen LogP contribution in [-0.2, 0) is 9.53 Å². The van der Waals surface area contributed by atoms with Gasteiger partial charge in [0.15, 0.2) is 17.2 Å². The number of esters is 1. The Labute approximate surface area is 160 Å². The van der Waals surface area contributed by atoms with Crippen LogP contribution in [0, 0.1) is 5.82 Å². The lowest BCUT2D eigenvalue weighted by Crippen LogP contribution is -2.07. The van der Waals surface area contributed by atoms with Gasteiger partial charge in [-0.3, -0.25) is 0 Å². The molecule has 0 saturated carbocycles. The minimum absolute atomic E-state index is 0.0166. The number of benzene rings is 2. The highest BCUT2D eigenvalue weighted by atomic mass is 79.9. The van der Waals surface area contributed by atoms with Crippen molar-refractivity contribution in [3.8, 4) is 11.5 Å².